The van der Waals surface area contributed by atoms with Crippen molar-refractivity contribution >= 4 is 17.3 Å². The third-order valence-corrected chi connectivity index (χ3v) is 2.73. The van der Waals surface area contributed by atoms with Crippen LogP contribution in [0.4, 0.5) is 5.69 Å². The molecule has 0 aliphatic carbocycles. The van der Waals surface area contributed by atoms with Crippen LogP contribution in [0.1, 0.15) is 11.1 Å². The molecule has 1 heterocycles. The first-order valence-corrected chi connectivity index (χ1v) is 5.50. The molecule has 0 spiro atoms. The topological polar surface area (TPSA) is 29.9 Å². The summed E-state index contributed by atoms with van der Waals surface area (Å²) >= 11 is 5.90. The number of hydrogen-bond donors (Lipinski definition) is 1. The fourth-order valence-electron chi connectivity index (χ4n) is 1.57. The summed E-state index contributed by atoms with van der Waals surface area (Å²) in [6.45, 7) is 2.85. The van der Waals surface area contributed by atoms with Gasteiger partial charge in [0.25, 0.3) is 0 Å². The van der Waals surface area contributed by atoms with E-state index < -0.39 is 0 Å². The second kappa shape index (κ2) is 4.58. The molecule has 0 atom stereocenters. The third kappa shape index (κ3) is 2.55. The lowest BCUT2D eigenvalue weighted by Crippen LogP contribution is -2.00. The highest BCUT2D eigenvalue weighted by Gasteiger charge is 2.00. The van der Waals surface area contributed by atoms with Gasteiger partial charge < -0.3 is 5.32 Å². The average Bonchev–Trinajstić information content (AvgIpc) is 2.63. The van der Waals surface area contributed by atoms with Crippen molar-refractivity contribution in [3.8, 4) is 0 Å². The fraction of sp³-hybridized carbons (Fsp3) is 0.250. The summed E-state index contributed by atoms with van der Waals surface area (Å²) in [5.74, 6) is 0. The molecule has 2 aromatic rings. The lowest BCUT2D eigenvalue weighted by Gasteiger charge is -2.07. The molecule has 2 rings (SSSR count). The van der Waals surface area contributed by atoms with Crippen LogP contribution in [0.3, 0.4) is 0 Å². The second-order valence-electron chi connectivity index (χ2n) is 3.83. The molecular formula is C12H14ClN3. The first-order chi connectivity index (χ1) is 7.65. The number of halogens is 1. The van der Waals surface area contributed by atoms with Crippen LogP contribution < -0.4 is 5.32 Å². The van der Waals surface area contributed by atoms with Gasteiger partial charge in [-0.1, -0.05) is 17.7 Å². The molecule has 84 valence electrons. The predicted molar refractivity (Wildman–Crippen MR) is 66.7 cm³/mol. The molecule has 0 fully saturated rings. The lowest BCUT2D eigenvalue weighted by molar-refractivity contribution is 0.768. The Hall–Kier alpha value is -1.48. The SMILES string of the molecule is Cc1cc(Cl)ccc1CNc1cnn(C)c1. The molecule has 3 nitrogen and oxygen atoms in total. The first-order valence-electron chi connectivity index (χ1n) is 5.13. The van der Waals surface area contributed by atoms with E-state index in [-0.39, 0.29) is 0 Å². The molecule has 0 radical (unpaired) electrons. The summed E-state index contributed by atoms with van der Waals surface area (Å²) in [7, 11) is 1.90. The van der Waals surface area contributed by atoms with Gasteiger partial charge in [0.2, 0.25) is 0 Å². The van der Waals surface area contributed by atoms with Crippen LogP contribution >= 0.6 is 11.6 Å². The summed E-state index contributed by atoms with van der Waals surface area (Å²) in [5, 5.41) is 8.19. The van der Waals surface area contributed by atoms with E-state index in [0.717, 1.165) is 17.3 Å². The normalized spacial score (nSPS) is 10.4. The maximum atomic E-state index is 5.90. The minimum atomic E-state index is 0.780. The Kier molecular flexibility index (Phi) is 3.15. The maximum Gasteiger partial charge on any atom is 0.0729 e. The predicted octanol–water partition coefficient (Wildman–Crippen LogP) is 2.99. The van der Waals surface area contributed by atoms with Crippen molar-refractivity contribution in [3.63, 3.8) is 0 Å². The Morgan fingerprint density at radius 2 is 2.25 bits per heavy atom. The van der Waals surface area contributed by atoms with Gasteiger partial charge in [0.1, 0.15) is 0 Å². The van der Waals surface area contributed by atoms with Crippen molar-refractivity contribution in [2.24, 2.45) is 7.05 Å². The number of nitrogens with one attached hydrogen (secondary N) is 1. The van der Waals surface area contributed by atoms with Gasteiger partial charge >= 0.3 is 0 Å². The molecule has 1 aromatic heterocycles. The Balaban J connectivity index is 2.04. The summed E-state index contributed by atoms with van der Waals surface area (Å²) in [6, 6.07) is 5.93. The number of anilines is 1. The zero-order chi connectivity index (χ0) is 11.5. The molecule has 0 aliphatic rings. The van der Waals surface area contributed by atoms with Crippen LogP contribution in [0.25, 0.3) is 0 Å². The Bertz CT molecular complexity index is 491. The largest absolute Gasteiger partial charge is 0.378 e. The third-order valence-electron chi connectivity index (χ3n) is 2.49. The minimum absolute atomic E-state index is 0.780. The van der Waals surface area contributed by atoms with Crippen molar-refractivity contribution in [1.82, 2.24) is 9.78 Å². The molecule has 0 saturated carbocycles. The second-order valence-corrected chi connectivity index (χ2v) is 4.26. The van der Waals surface area contributed by atoms with E-state index in [0.29, 0.717) is 0 Å². The molecule has 1 aromatic carbocycles. The van der Waals surface area contributed by atoms with E-state index in [2.05, 4.69) is 17.3 Å². The number of aromatic nitrogens is 2. The Morgan fingerprint density at radius 1 is 1.44 bits per heavy atom. The number of hydrogen-bond acceptors (Lipinski definition) is 2. The van der Waals surface area contributed by atoms with Gasteiger partial charge in [-0.25, -0.2) is 0 Å². The lowest BCUT2D eigenvalue weighted by atomic mass is 10.1. The van der Waals surface area contributed by atoms with Crippen LogP contribution in [0.15, 0.2) is 30.6 Å². The van der Waals surface area contributed by atoms with Crippen molar-refractivity contribution < 1.29 is 0 Å². The number of rotatable bonds is 3. The van der Waals surface area contributed by atoms with Gasteiger partial charge in [0, 0.05) is 24.8 Å². The van der Waals surface area contributed by atoms with E-state index in [1.54, 1.807) is 4.68 Å². The number of benzene rings is 1. The van der Waals surface area contributed by atoms with Crippen LogP contribution in [0.5, 0.6) is 0 Å². The van der Waals surface area contributed by atoms with Crippen LogP contribution in [-0.4, -0.2) is 9.78 Å². The van der Waals surface area contributed by atoms with Crippen molar-refractivity contribution in [3.05, 3.63) is 46.7 Å². The minimum Gasteiger partial charge on any atom is -0.378 e. The van der Waals surface area contributed by atoms with E-state index in [9.17, 15) is 0 Å². The number of aryl methyl sites for hydroxylation is 2. The van der Waals surface area contributed by atoms with E-state index in [4.69, 9.17) is 11.6 Å². The molecule has 1 N–H and O–H groups in total. The zero-order valence-electron chi connectivity index (χ0n) is 9.37. The molecule has 4 heteroatoms. The molecular weight excluding hydrogens is 222 g/mol. The van der Waals surface area contributed by atoms with Gasteiger partial charge in [-0.3, -0.25) is 4.68 Å². The van der Waals surface area contributed by atoms with Gasteiger partial charge in [0.15, 0.2) is 0 Å². The fourth-order valence-corrected chi connectivity index (χ4v) is 1.79. The van der Waals surface area contributed by atoms with Gasteiger partial charge in [-0.2, -0.15) is 5.10 Å². The van der Waals surface area contributed by atoms with Crippen LogP contribution in [0.2, 0.25) is 5.02 Å². The van der Waals surface area contributed by atoms with Crippen molar-refractivity contribution in [2.45, 2.75) is 13.5 Å². The Morgan fingerprint density at radius 3 is 2.88 bits per heavy atom. The van der Waals surface area contributed by atoms with Crippen LogP contribution in [-0.2, 0) is 13.6 Å². The highest BCUT2D eigenvalue weighted by Crippen LogP contribution is 2.16. The summed E-state index contributed by atoms with van der Waals surface area (Å²) < 4.78 is 1.77. The zero-order valence-corrected chi connectivity index (χ0v) is 10.1. The molecule has 16 heavy (non-hydrogen) atoms. The molecule has 0 unspecified atom stereocenters. The standard InChI is InChI=1S/C12H14ClN3/c1-9-5-11(13)4-3-10(9)6-14-12-7-15-16(2)8-12/h3-5,7-8,14H,6H2,1-2H3. The van der Waals surface area contributed by atoms with Crippen molar-refractivity contribution in [2.75, 3.05) is 5.32 Å². The van der Waals surface area contributed by atoms with Gasteiger partial charge in [-0.05, 0) is 30.2 Å². The van der Waals surface area contributed by atoms with Crippen LogP contribution in [0, 0.1) is 6.92 Å². The van der Waals surface area contributed by atoms with Crippen molar-refractivity contribution in [1.29, 1.82) is 0 Å². The summed E-state index contributed by atoms with van der Waals surface area (Å²) in [6.07, 6.45) is 3.76. The average molecular weight is 236 g/mol. The monoisotopic (exact) mass is 235 g/mol. The highest BCUT2D eigenvalue weighted by atomic mass is 35.5. The molecule has 0 saturated heterocycles. The summed E-state index contributed by atoms with van der Waals surface area (Å²) in [5.41, 5.74) is 3.47. The smallest absolute Gasteiger partial charge is 0.0729 e. The first kappa shape index (κ1) is 11.0. The van der Waals surface area contributed by atoms with Gasteiger partial charge in [-0.15, -0.1) is 0 Å². The summed E-state index contributed by atoms with van der Waals surface area (Å²) in [4.78, 5) is 0. The molecule has 0 amide bonds. The van der Waals surface area contributed by atoms with E-state index in [1.807, 2.05) is 37.6 Å². The highest BCUT2D eigenvalue weighted by molar-refractivity contribution is 6.30. The number of nitrogens with zero attached hydrogens (tertiary/aromatic N) is 2. The van der Waals surface area contributed by atoms with E-state index in [1.165, 1.54) is 11.1 Å². The maximum absolute atomic E-state index is 5.90. The molecule has 0 bridgehead atoms. The quantitative estimate of drug-likeness (QED) is 0.887. The van der Waals surface area contributed by atoms with E-state index >= 15 is 0 Å². The van der Waals surface area contributed by atoms with Gasteiger partial charge in [0.05, 0.1) is 11.9 Å². The Labute approximate surface area is 100 Å². The molecule has 0 aliphatic heterocycles.